The molecule has 5 aromatic carbocycles. The summed E-state index contributed by atoms with van der Waals surface area (Å²) in [7, 11) is -3.30. The van der Waals surface area contributed by atoms with Crippen molar-refractivity contribution in [2.24, 2.45) is 0 Å². The lowest BCUT2D eigenvalue weighted by molar-refractivity contribution is 0.230. The summed E-state index contributed by atoms with van der Waals surface area (Å²) in [5.74, 6) is 0. The van der Waals surface area contributed by atoms with Gasteiger partial charge in [-0.25, -0.2) is 0 Å². The number of anilines is 3. The molecule has 1 aliphatic rings. The van der Waals surface area contributed by atoms with Crippen molar-refractivity contribution in [2.75, 3.05) is 18.1 Å². The molecule has 0 atom stereocenters. The van der Waals surface area contributed by atoms with Crippen molar-refractivity contribution in [1.29, 1.82) is 0 Å². The van der Waals surface area contributed by atoms with E-state index in [-0.39, 0.29) is 5.41 Å². The Bertz CT molecular complexity index is 1810. The van der Waals surface area contributed by atoms with Gasteiger partial charge in [-0.1, -0.05) is 98.8 Å². The van der Waals surface area contributed by atoms with Crippen LogP contribution in [0, 0.1) is 0 Å². The molecule has 0 saturated carbocycles. The van der Waals surface area contributed by atoms with Gasteiger partial charge < -0.3 is 13.9 Å². The monoisotopic (exact) mass is 627 g/mol. The normalized spacial score (nSPS) is 13.5. The van der Waals surface area contributed by atoms with Crippen LogP contribution in [0.1, 0.15) is 62.8 Å². The van der Waals surface area contributed by atoms with Gasteiger partial charge in [-0.2, -0.15) is 0 Å². The molecule has 0 bridgehead atoms. The summed E-state index contributed by atoms with van der Waals surface area (Å²) in [4.78, 5) is 2.35. The Balaban J connectivity index is 1.34. The average molecular weight is 628 g/mol. The molecule has 6 rings (SSSR count). The predicted molar refractivity (Wildman–Crippen MR) is 194 cm³/mol. The summed E-state index contributed by atoms with van der Waals surface area (Å²) in [6.45, 7) is 8.94. The fraction of sp³-hybridized carbons (Fsp3) is 0.220. The van der Waals surface area contributed by atoms with Crippen LogP contribution in [0.3, 0.4) is 0 Å². The highest BCUT2D eigenvalue weighted by atomic mass is 31.2. The van der Waals surface area contributed by atoms with E-state index in [0.717, 1.165) is 41.0 Å². The second kappa shape index (κ2) is 13.6. The number of nitrogens with zero attached hydrogens (tertiary/aromatic N) is 1. The van der Waals surface area contributed by atoms with E-state index in [2.05, 4.69) is 128 Å². The van der Waals surface area contributed by atoms with Crippen LogP contribution in [0.5, 0.6) is 0 Å². The van der Waals surface area contributed by atoms with Crippen LogP contribution in [-0.4, -0.2) is 13.2 Å². The van der Waals surface area contributed by atoms with E-state index in [1.54, 1.807) is 0 Å². The number of benzene rings is 5. The molecule has 0 N–H and O–H groups in total. The van der Waals surface area contributed by atoms with Crippen molar-refractivity contribution in [1.82, 2.24) is 0 Å². The van der Waals surface area contributed by atoms with Gasteiger partial charge in [0.15, 0.2) is 0 Å². The maximum atomic E-state index is 13.2. The number of rotatable bonds is 12. The summed E-state index contributed by atoms with van der Waals surface area (Å²) < 4.78 is 24.2. The Morgan fingerprint density at radius 1 is 0.587 bits per heavy atom. The molecular weight excluding hydrogens is 585 g/mol. The van der Waals surface area contributed by atoms with Crippen LogP contribution in [0.15, 0.2) is 121 Å². The van der Waals surface area contributed by atoms with Gasteiger partial charge >= 0.3 is 7.60 Å². The molecule has 0 radical (unpaired) electrons. The summed E-state index contributed by atoms with van der Waals surface area (Å²) >= 11 is 0. The average Bonchev–Trinajstić information content (AvgIpc) is 3.37. The molecule has 0 unspecified atom stereocenters. The zero-order valence-corrected chi connectivity index (χ0v) is 28.0. The standard InChI is InChI=1S/C41H42NO3P/c1-5-41(6-2)39-29-32(20-19-31-21-25-36(26-22-31)46(43,44-7-3)45-8-4)23-27-37(39)38-28-24-35(30-40(38)41)42(33-15-11-9-12-16-33)34-17-13-10-14-18-34/h9-30H,5-8H2,1-4H3/b20-19+. The smallest absolute Gasteiger partial charge is 0.310 e. The zero-order valence-electron chi connectivity index (χ0n) is 27.1. The fourth-order valence-corrected chi connectivity index (χ4v) is 8.41. The van der Waals surface area contributed by atoms with Crippen LogP contribution in [0.2, 0.25) is 0 Å². The first-order valence-corrected chi connectivity index (χ1v) is 17.9. The summed E-state index contributed by atoms with van der Waals surface area (Å²) in [5.41, 5.74) is 11.0. The molecule has 5 heteroatoms. The van der Waals surface area contributed by atoms with Crippen LogP contribution in [-0.2, 0) is 19.0 Å². The van der Waals surface area contributed by atoms with Crippen molar-refractivity contribution in [3.8, 4) is 11.1 Å². The van der Waals surface area contributed by atoms with Gasteiger partial charge in [0.1, 0.15) is 0 Å². The second-order valence-corrected chi connectivity index (χ2v) is 13.6. The SMILES string of the molecule is CCOP(=O)(OCC)c1ccc(/C=C/c2ccc3c(c2)C(CC)(CC)c2cc(N(c4ccccc4)c4ccccc4)ccc2-3)cc1. The molecule has 0 spiro atoms. The molecule has 0 amide bonds. The van der Waals surface area contributed by atoms with E-state index in [1.165, 1.54) is 22.3 Å². The Morgan fingerprint density at radius 3 is 1.63 bits per heavy atom. The van der Waals surface area contributed by atoms with Crippen molar-refractivity contribution in [2.45, 2.75) is 46.0 Å². The molecule has 0 saturated heterocycles. The van der Waals surface area contributed by atoms with Crippen molar-refractivity contribution in [3.63, 3.8) is 0 Å². The van der Waals surface area contributed by atoms with Crippen molar-refractivity contribution in [3.05, 3.63) is 144 Å². The number of fused-ring (bicyclic) bond motifs is 3. The van der Waals surface area contributed by atoms with Gasteiger partial charge in [-0.05, 0) is 109 Å². The lowest BCUT2D eigenvalue weighted by atomic mass is 9.73. The zero-order chi connectivity index (χ0) is 32.1. The van der Waals surface area contributed by atoms with Crippen LogP contribution in [0.25, 0.3) is 23.3 Å². The van der Waals surface area contributed by atoms with Crippen LogP contribution >= 0.6 is 7.60 Å². The van der Waals surface area contributed by atoms with Gasteiger partial charge in [0.2, 0.25) is 0 Å². The van der Waals surface area contributed by atoms with E-state index in [4.69, 9.17) is 9.05 Å². The summed E-state index contributed by atoms with van der Waals surface area (Å²) in [5, 5.41) is 0.580. The second-order valence-electron chi connectivity index (χ2n) is 11.6. The van der Waals surface area contributed by atoms with Gasteiger partial charge in [0, 0.05) is 22.5 Å². The third-order valence-electron chi connectivity index (χ3n) is 9.14. The Kier molecular flexibility index (Phi) is 9.42. The summed E-state index contributed by atoms with van der Waals surface area (Å²) in [6.07, 6.45) is 6.29. The minimum atomic E-state index is -3.30. The van der Waals surface area contributed by atoms with Crippen molar-refractivity contribution >= 4 is 42.1 Å². The first-order valence-electron chi connectivity index (χ1n) is 16.3. The third kappa shape index (κ3) is 5.89. The molecule has 0 heterocycles. The molecule has 0 aromatic heterocycles. The number of hydrogen-bond acceptors (Lipinski definition) is 4. The molecule has 1 aliphatic carbocycles. The first-order chi connectivity index (χ1) is 22.5. The lowest BCUT2D eigenvalue weighted by Gasteiger charge is -2.32. The fourth-order valence-electron chi connectivity index (χ4n) is 6.84. The predicted octanol–water partition coefficient (Wildman–Crippen LogP) is 11.3. The van der Waals surface area contributed by atoms with Crippen LogP contribution < -0.4 is 10.2 Å². The minimum Gasteiger partial charge on any atom is -0.310 e. The van der Waals surface area contributed by atoms with Gasteiger partial charge in [-0.3, -0.25) is 4.57 Å². The van der Waals surface area contributed by atoms with Gasteiger partial charge in [0.25, 0.3) is 0 Å². The number of para-hydroxylation sites is 2. The van der Waals surface area contributed by atoms with E-state index >= 15 is 0 Å². The Morgan fingerprint density at radius 2 is 1.09 bits per heavy atom. The quantitative estimate of drug-likeness (QED) is 0.102. The molecule has 5 aromatic rings. The van der Waals surface area contributed by atoms with Crippen LogP contribution in [0.4, 0.5) is 17.1 Å². The highest BCUT2D eigenvalue weighted by Gasteiger charge is 2.41. The molecular formula is C41H42NO3P. The summed E-state index contributed by atoms with van der Waals surface area (Å²) in [6, 6.07) is 42.7. The number of hydrogen-bond donors (Lipinski definition) is 0. The molecule has 234 valence electrons. The van der Waals surface area contributed by atoms with Gasteiger partial charge in [-0.15, -0.1) is 0 Å². The third-order valence-corrected chi connectivity index (χ3v) is 11.3. The molecule has 46 heavy (non-hydrogen) atoms. The highest BCUT2D eigenvalue weighted by molar-refractivity contribution is 7.62. The molecule has 4 nitrogen and oxygen atoms in total. The Labute approximate surface area is 273 Å². The highest BCUT2D eigenvalue weighted by Crippen LogP contribution is 2.54. The van der Waals surface area contributed by atoms with E-state index < -0.39 is 7.60 Å². The first kappa shape index (κ1) is 31.8. The molecule has 0 aliphatic heterocycles. The maximum absolute atomic E-state index is 13.2. The van der Waals surface area contributed by atoms with Crippen molar-refractivity contribution < 1.29 is 13.6 Å². The maximum Gasteiger partial charge on any atom is 0.361 e. The molecule has 0 fully saturated rings. The van der Waals surface area contributed by atoms with E-state index in [0.29, 0.717) is 18.5 Å². The minimum absolute atomic E-state index is 0.0784. The largest absolute Gasteiger partial charge is 0.361 e. The Hall–Kier alpha value is -4.21. The van der Waals surface area contributed by atoms with Gasteiger partial charge in [0.05, 0.1) is 18.5 Å². The van der Waals surface area contributed by atoms with E-state index in [1.807, 2.05) is 38.1 Å². The lowest BCUT2D eigenvalue weighted by Crippen LogP contribution is -2.23. The topological polar surface area (TPSA) is 38.8 Å². The van der Waals surface area contributed by atoms with E-state index in [9.17, 15) is 4.57 Å².